The van der Waals surface area contributed by atoms with Gasteiger partial charge in [0.15, 0.2) is 19.0 Å². The van der Waals surface area contributed by atoms with Crippen LogP contribution in [0.1, 0.15) is 55.5 Å². The molecule has 2 rings (SSSR count). The standard InChI is InChI=1S/C23H27NO5/c1-4-7-22(26)24-18-12-10-17(11-13-18)20(25)14-29-23(27)15-28-21-9-6-5-8-19(21)16(2)3/h5-6,8-13,16H,4,7,14-15H2,1-3H3,(H,24,26). The Bertz CT molecular complexity index is 843. The van der Waals surface area contributed by atoms with Crippen LogP contribution in [0.5, 0.6) is 5.75 Å². The van der Waals surface area contributed by atoms with Crippen molar-refractivity contribution < 1.29 is 23.9 Å². The maximum absolute atomic E-state index is 12.2. The number of rotatable bonds is 10. The maximum atomic E-state index is 12.2. The molecule has 1 N–H and O–H groups in total. The van der Waals surface area contributed by atoms with Crippen LogP contribution in [0.15, 0.2) is 48.5 Å². The summed E-state index contributed by atoms with van der Waals surface area (Å²) in [4.78, 5) is 35.7. The van der Waals surface area contributed by atoms with Gasteiger partial charge in [-0.05, 0) is 48.2 Å². The van der Waals surface area contributed by atoms with E-state index in [1.165, 1.54) is 0 Å². The second kappa shape index (κ2) is 11.0. The van der Waals surface area contributed by atoms with Crippen LogP contribution in [-0.2, 0) is 14.3 Å². The fourth-order valence-electron chi connectivity index (χ4n) is 2.69. The second-order valence-corrected chi connectivity index (χ2v) is 6.94. The predicted octanol–water partition coefficient (Wildman–Crippen LogP) is 4.35. The van der Waals surface area contributed by atoms with Crippen molar-refractivity contribution >= 4 is 23.3 Å². The highest BCUT2D eigenvalue weighted by Gasteiger charge is 2.13. The topological polar surface area (TPSA) is 81.7 Å². The third-order valence-corrected chi connectivity index (χ3v) is 4.22. The summed E-state index contributed by atoms with van der Waals surface area (Å²) in [5.74, 6) is -0.114. The number of para-hydroxylation sites is 1. The molecule has 29 heavy (non-hydrogen) atoms. The molecular weight excluding hydrogens is 370 g/mol. The maximum Gasteiger partial charge on any atom is 0.344 e. The van der Waals surface area contributed by atoms with Crippen LogP contribution in [0.3, 0.4) is 0 Å². The number of ether oxygens (including phenoxy) is 2. The van der Waals surface area contributed by atoms with E-state index in [2.05, 4.69) is 5.32 Å². The first-order chi connectivity index (χ1) is 13.9. The molecule has 0 saturated carbocycles. The SMILES string of the molecule is CCCC(=O)Nc1ccc(C(=O)COC(=O)COc2ccccc2C(C)C)cc1. The molecule has 0 aliphatic carbocycles. The van der Waals surface area contributed by atoms with Crippen LogP contribution < -0.4 is 10.1 Å². The van der Waals surface area contributed by atoms with Crippen molar-refractivity contribution in [1.29, 1.82) is 0 Å². The van der Waals surface area contributed by atoms with Crippen molar-refractivity contribution in [3.8, 4) is 5.75 Å². The van der Waals surface area contributed by atoms with Gasteiger partial charge in [0.2, 0.25) is 5.91 Å². The number of carbonyl (C=O) groups is 3. The summed E-state index contributed by atoms with van der Waals surface area (Å²) in [7, 11) is 0. The highest BCUT2D eigenvalue weighted by molar-refractivity contribution is 5.98. The molecule has 0 aromatic heterocycles. The first kappa shape index (κ1) is 22.1. The molecule has 6 heteroatoms. The van der Waals surface area contributed by atoms with Crippen LogP contribution in [0.4, 0.5) is 5.69 Å². The summed E-state index contributed by atoms with van der Waals surface area (Å²) in [5, 5.41) is 2.75. The molecule has 2 aromatic carbocycles. The highest BCUT2D eigenvalue weighted by atomic mass is 16.6. The number of Topliss-reactive ketones (excluding diaryl/α,β-unsaturated/α-hetero) is 1. The number of ketones is 1. The van der Waals surface area contributed by atoms with Crippen molar-refractivity contribution in [3.63, 3.8) is 0 Å². The zero-order valence-electron chi connectivity index (χ0n) is 17.1. The summed E-state index contributed by atoms with van der Waals surface area (Å²) >= 11 is 0. The number of hydrogen-bond donors (Lipinski definition) is 1. The van der Waals surface area contributed by atoms with Crippen molar-refractivity contribution in [1.82, 2.24) is 0 Å². The Morgan fingerprint density at radius 1 is 0.966 bits per heavy atom. The third kappa shape index (κ3) is 7.07. The van der Waals surface area contributed by atoms with Gasteiger partial charge in [-0.25, -0.2) is 4.79 Å². The molecule has 0 bridgehead atoms. The zero-order chi connectivity index (χ0) is 21.2. The van der Waals surface area contributed by atoms with Gasteiger partial charge in [0.25, 0.3) is 0 Å². The molecule has 154 valence electrons. The minimum absolute atomic E-state index is 0.0699. The van der Waals surface area contributed by atoms with E-state index in [1.54, 1.807) is 30.3 Å². The molecule has 0 spiro atoms. The average Bonchev–Trinajstić information content (AvgIpc) is 2.71. The summed E-state index contributed by atoms with van der Waals surface area (Å²) < 4.78 is 10.6. The van der Waals surface area contributed by atoms with E-state index in [0.29, 0.717) is 23.4 Å². The number of esters is 1. The molecule has 0 aliphatic rings. The van der Waals surface area contributed by atoms with Gasteiger partial charge in [-0.2, -0.15) is 0 Å². The Hall–Kier alpha value is -3.15. The number of hydrogen-bond acceptors (Lipinski definition) is 5. The Kier molecular flexibility index (Phi) is 8.40. The van der Waals surface area contributed by atoms with E-state index in [9.17, 15) is 14.4 Å². The Balaban J connectivity index is 1.81. The molecule has 0 saturated heterocycles. The average molecular weight is 397 g/mol. The number of anilines is 1. The van der Waals surface area contributed by atoms with Crippen molar-refractivity contribution in [3.05, 3.63) is 59.7 Å². The number of nitrogens with one attached hydrogen (secondary N) is 1. The summed E-state index contributed by atoms with van der Waals surface area (Å²) in [6.45, 7) is 5.38. The normalized spacial score (nSPS) is 10.5. The predicted molar refractivity (Wildman–Crippen MR) is 111 cm³/mol. The van der Waals surface area contributed by atoms with Gasteiger partial charge in [0.1, 0.15) is 5.75 Å². The monoisotopic (exact) mass is 397 g/mol. The molecule has 0 aliphatic heterocycles. The van der Waals surface area contributed by atoms with Crippen molar-refractivity contribution in [2.75, 3.05) is 18.5 Å². The fourth-order valence-corrected chi connectivity index (χ4v) is 2.69. The largest absolute Gasteiger partial charge is 0.482 e. The van der Waals surface area contributed by atoms with E-state index in [0.717, 1.165) is 12.0 Å². The molecule has 0 unspecified atom stereocenters. The Morgan fingerprint density at radius 2 is 1.66 bits per heavy atom. The lowest BCUT2D eigenvalue weighted by Crippen LogP contribution is -2.20. The molecule has 0 fully saturated rings. The van der Waals surface area contributed by atoms with Crippen LogP contribution in [-0.4, -0.2) is 30.9 Å². The van der Waals surface area contributed by atoms with E-state index in [-0.39, 0.29) is 30.8 Å². The van der Waals surface area contributed by atoms with Crippen LogP contribution in [0.2, 0.25) is 0 Å². The lowest BCUT2D eigenvalue weighted by Gasteiger charge is -2.13. The molecule has 2 aromatic rings. The number of benzene rings is 2. The van der Waals surface area contributed by atoms with Crippen LogP contribution >= 0.6 is 0 Å². The van der Waals surface area contributed by atoms with Crippen LogP contribution in [0, 0.1) is 0 Å². The minimum atomic E-state index is -0.611. The van der Waals surface area contributed by atoms with Gasteiger partial charge in [-0.15, -0.1) is 0 Å². The first-order valence-electron chi connectivity index (χ1n) is 9.71. The summed E-state index contributed by atoms with van der Waals surface area (Å²) in [5.41, 5.74) is 2.02. The summed E-state index contributed by atoms with van der Waals surface area (Å²) in [6.07, 6.45) is 1.21. The number of carbonyl (C=O) groups excluding carboxylic acids is 3. The minimum Gasteiger partial charge on any atom is -0.482 e. The van der Waals surface area contributed by atoms with E-state index in [4.69, 9.17) is 9.47 Å². The van der Waals surface area contributed by atoms with E-state index < -0.39 is 5.97 Å². The summed E-state index contributed by atoms with van der Waals surface area (Å²) in [6, 6.07) is 14.0. The molecule has 0 atom stereocenters. The quantitative estimate of drug-likeness (QED) is 0.476. The third-order valence-electron chi connectivity index (χ3n) is 4.22. The van der Waals surface area contributed by atoms with Gasteiger partial charge < -0.3 is 14.8 Å². The molecule has 6 nitrogen and oxygen atoms in total. The van der Waals surface area contributed by atoms with E-state index >= 15 is 0 Å². The molecule has 0 radical (unpaired) electrons. The Labute approximate surface area is 171 Å². The zero-order valence-corrected chi connectivity index (χ0v) is 17.1. The first-order valence-corrected chi connectivity index (χ1v) is 9.71. The smallest absolute Gasteiger partial charge is 0.344 e. The van der Waals surface area contributed by atoms with Crippen molar-refractivity contribution in [2.24, 2.45) is 0 Å². The van der Waals surface area contributed by atoms with Gasteiger partial charge in [-0.3, -0.25) is 9.59 Å². The van der Waals surface area contributed by atoms with E-state index in [1.807, 2.05) is 39.0 Å². The lowest BCUT2D eigenvalue weighted by atomic mass is 10.0. The number of amides is 1. The molecule has 1 amide bonds. The molecule has 0 heterocycles. The molecular formula is C23H27NO5. The van der Waals surface area contributed by atoms with Gasteiger partial charge in [0.05, 0.1) is 0 Å². The fraction of sp³-hybridized carbons (Fsp3) is 0.348. The second-order valence-electron chi connectivity index (χ2n) is 6.94. The lowest BCUT2D eigenvalue weighted by molar-refractivity contribution is -0.144. The van der Waals surface area contributed by atoms with Gasteiger partial charge >= 0.3 is 5.97 Å². The highest BCUT2D eigenvalue weighted by Crippen LogP contribution is 2.25. The Morgan fingerprint density at radius 3 is 2.31 bits per heavy atom. The van der Waals surface area contributed by atoms with Gasteiger partial charge in [-0.1, -0.05) is 39.0 Å². The van der Waals surface area contributed by atoms with Crippen molar-refractivity contribution in [2.45, 2.75) is 39.5 Å². The van der Waals surface area contributed by atoms with Gasteiger partial charge in [0, 0.05) is 17.7 Å². The van der Waals surface area contributed by atoms with Crippen LogP contribution in [0.25, 0.3) is 0 Å².